The molecule has 11 heteroatoms. The number of thiazole rings is 1. The molecule has 0 radical (unpaired) electrons. The van der Waals surface area contributed by atoms with Crippen molar-refractivity contribution in [2.45, 2.75) is 29.6 Å². The largest absolute Gasteiger partial charge is 0.491 e. The van der Waals surface area contributed by atoms with Crippen molar-refractivity contribution in [3.63, 3.8) is 0 Å². The molecule has 0 aliphatic heterocycles. The zero-order chi connectivity index (χ0) is 21.5. The molecule has 8 nitrogen and oxygen atoms in total. The van der Waals surface area contributed by atoms with Crippen molar-refractivity contribution in [2.24, 2.45) is 5.92 Å². The van der Waals surface area contributed by atoms with Crippen molar-refractivity contribution in [1.29, 1.82) is 0 Å². The van der Waals surface area contributed by atoms with Crippen LogP contribution in [0.2, 0.25) is 0 Å². The molecule has 0 unspecified atom stereocenters. The first-order valence-electron chi connectivity index (χ1n) is 9.04. The highest BCUT2D eigenvalue weighted by molar-refractivity contribution is 8.01. The number of benzene rings is 1. The fourth-order valence-corrected chi connectivity index (χ4v) is 3.99. The van der Waals surface area contributed by atoms with Crippen LogP contribution in [0, 0.1) is 11.7 Å². The SMILES string of the molecule is CC(C)COc1cc(F)ccc1NC(=O)CC(=O)Nc1ncc(Sc2ncc[nH]2)s1. The van der Waals surface area contributed by atoms with Crippen LogP contribution in [0.15, 0.2) is 46.2 Å². The van der Waals surface area contributed by atoms with E-state index in [0.29, 0.717) is 22.6 Å². The van der Waals surface area contributed by atoms with E-state index in [1.54, 1.807) is 18.6 Å². The van der Waals surface area contributed by atoms with Crippen LogP contribution in [0.3, 0.4) is 0 Å². The summed E-state index contributed by atoms with van der Waals surface area (Å²) < 4.78 is 19.9. The fraction of sp³-hybridized carbons (Fsp3) is 0.263. The molecule has 3 aromatic rings. The van der Waals surface area contributed by atoms with E-state index in [2.05, 4.69) is 25.6 Å². The second-order valence-corrected chi connectivity index (χ2v) is 8.92. The topological polar surface area (TPSA) is 109 Å². The zero-order valence-corrected chi connectivity index (χ0v) is 17.9. The molecule has 1 aromatic carbocycles. The van der Waals surface area contributed by atoms with Gasteiger partial charge in [-0.2, -0.15) is 0 Å². The first kappa shape index (κ1) is 21.8. The monoisotopic (exact) mass is 449 g/mol. The van der Waals surface area contributed by atoms with Gasteiger partial charge in [-0.25, -0.2) is 14.4 Å². The van der Waals surface area contributed by atoms with Crippen molar-refractivity contribution in [2.75, 3.05) is 17.2 Å². The van der Waals surface area contributed by atoms with Crippen LogP contribution in [-0.2, 0) is 9.59 Å². The highest BCUT2D eigenvalue weighted by atomic mass is 32.2. The van der Waals surface area contributed by atoms with Gasteiger partial charge in [0.2, 0.25) is 11.8 Å². The second-order valence-electron chi connectivity index (χ2n) is 6.60. The van der Waals surface area contributed by atoms with Crippen molar-refractivity contribution >= 4 is 45.7 Å². The summed E-state index contributed by atoms with van der Waals surface area (Å²) in [6.45, 7) is 4.29. The molecule has 30 heavy (non-hydrogen) atoms. The summed E-state index contributed by atoms with van der Waals surface area (Å²) in [5, 5.41) is 6.28. The van der Waals surface area contributed by atoms with E-state index in [0.717, 1.165) is 4.21 Å². The van der Waals surface area contributed by atoms with E-state index in [1.165, 1.54) is 41.3 Å². The lowest BCUT2D eigenvalue weighted by Gasteiger charge is -2.14. The number of imidazole rings is 1. The van der Waals surface area contributed by atoms with E-state index in [-0.39, 0.29) is 11.7 Å². The molecule has 0 bridgehead atoms. The van der Waals surface area contributed by atoms with Crippen LogP contribution in [0.25, 0.3) is 0 Å². The van der Waals surface area contributed by atoms with Crippen molar-refractivity contribution < 1.29 is 18.7 Å². The Labute approximate surface area is 180 Å². The third kappa shape index (κ3) is 6.56. The van der Waals surface area contributed by atoms with Gasteiger partial charge in [-0.05, 0) is 29.8 Å². The summed E-state index contributed by atoms with van der Waals surface area (Å²) >= 11 is 2.65. The summed E-state index contributed by atoms with van der Waals surface area (Å²) in [7, 11) is 0. The summed E-state index contributed by atoms with van der Waals surface area (Å²) in [4.78, 5) is 35.6. The second kappa shape index (κ2) is 10.2. The van der Waals surface area contributed by atoms with Gasteiger partial charge in [0.05, 0.1) is 22.7 Å². The summed E-state index contributed by atoms with van der Waals surface area (Å²) in [5.41, 5.74) is 0.307. The lowest BCUT2D eigenvalue weighted by molar-refractivity contribution is -0.123. The van der Waals surface area contributed by atoms with Gasteiger partial charge in [0.25, 0.3) is 0 Å². The van der Waals surface area contributed by atoms with Crippen LogP contribution in [0.5, 0.6) is 5.75 Å². The molecule has 2 amide bonds. The number of carbonyl (C=O) groups excluding carboxylic acids is 2. The number of hydrogen-bond acceptors (Lipinski definition) is 7. The van der Waals surface area contributed by atoms with Gasteiger partial charge in [-0.1, -0.05) is 25.2 Å². The minimum Gasteiger partial charge on any atom is -0.491 e. The van der Waals surface area contributed by atoms with Crippen LogP contribution < -0.4 is 15.4 Å². The number of halogens is 1. The number of nitrogens with zero attached hydrogens (tertiary/aromatic N) is 2. The number of carbonyl (C=O) groups is 2. The molecule has 0 spiro atoms. The minimum atomic E-state index is -0.546. The highest BCUT2D eigenvalue weighted by Crippen LogP contribution is 2.32. The molecule has 2 aromatic heterocycles. The number of H-pyrrole nitrogens is 1. The fourth-order valence-electron chi connectivity index (χ4n) is 2.25. The van der Waals surface area contributed by atoms with Crippen LogP contribution >= 0.6 is 23.1 Å². The molecule has 0 aliphatic rings. The Kier molecular flexibility index (Phi) is 7.41. The Morgan fingerprint density at radius 2 is 2.07 bits per heavy atom. The number of hydrogen-bond donors (Lipinski definition) is 3. The molecule has 2 heterocycles. The normalized spacial score (nSPS) is 10.8. The lowest BCUT2D eigenvalue weighted by Crippen LogP contribution is -2.21. The standard InChI is InChI=1S/C19H20FN5O3S2/c1-11(2)10-28-14-7-12(20)3-4-13(14)24-15(26)8-16(27)25-19-23-9-17(30-19)29-18-21-5-6-22-18/h3-7,9,11H,8,10H2,1-2H3,(H,21,22)(H,24,26)(H,23,25,27). The molecule has 0 aliphatic carbocycles. The average Bonchev–Trinajstić information content (AvgIpc) is 3.34. The Morgan fingerprint density at radius 1 is 1.27 bits per heavy atom. The zero-order valence-electron chi connectivity index (χ0n) is 16.3. The Bertz CT molecular complexity index is 1010. The predicted octanol–water partition coefficient (Wildman–Crippen LogP) is 4.16. The minimum absolute atomic E-state index is 0.219. The summed E-state index contributed by atoms with van der Waals surface area (Å²) in [6, 6.07) is 3.82. The Hall–Kier alpha value is -2.92. The smallest absolute Gasteiger partial charge is 0.235 e. The first-order chi connectivity index (χ1) is 14.4. The molecule has 0 fully saturated rings. The van der Waals surface area contributed by atoms with E-state index in [9.17, 15) is 14.0 Å². The number of rotatable bonds is 9. The Morgan fingerprint density at radius 3 is 2.80 bits per heavy atom. The van der Waals surface area contributed by atoms with E-state index < -0.39 is 24.1 Å². The van der Waals surface area contributed by atoms with Crippen molar-refractivity contribution in [3.05, 3.63) is 42.6 Å². The van der Waals surface area contributed by atoms with Crippen LogP contribution in [0.4, 0.5) is 15.2 Å². The molecular formula is C19H20FN5O3S2. The number of aromatic nitrogens is 3. The molecule has 0 saturated carbocycles. The third-order valence-corrected chi connectivity index (χ3v) is 5.44. The van der Waals surface area contributed by atoms with Gasteiger partial charge in [0, 0.05) is 18.5 Å². The highest BCUT2D eigenvalue weighted by Gasteiger charge is 2.15. The molecule has 3 N–H and O–H groups in total. The van der Waals surface area contributed by atoms with E-state index in [1.807, 2.05) is 13.8 Å². The lowest BCUT2D eigenvalue weighted by atomic mass is 10.2. The van der Waals surface area contributed by atoms with Gasteiger partial charge in [0.15, 0.2) is 10.3 Å². The predicted molar refractivity (Wildman–Crippen MR) is 113 cm³/mol. The summed E-state index contributed by atoms with van der Waals surface area (Å²) in [6.07, 6.45) is 4.56. The van der Waals surface area contributed by atoms with E-state index in [4.69, 9.17) is 4.74 Å². The van der Waals surface area contributed by atoms with Gasteiger partial charge >= 0.3 is 0 Å². The van der Waals surface area contributed by atoms with Gasteiger partial charge < -0.3 is 20.4 Å². The maximum absolute atomic E-state index is 13.5. The number of nitrogens with one attached hydrogen (secondary N) is 3. The third-order valence-electron chi connectivity index (χ3n) is 3.51. The first-order valence-corrected chi connectivity index (χ1v) is 10.7. The van der Waals surface area contributed by atoms with Crippen molar-refractivity contribution in [3.8, 4) is 5.75 Å². The molecule has 0 saturated heterocycles. The van der Waals surface area contributed by atoms with E-state index >= 15 is 0 Å². The van der Waals surface area contributed by atoms with Crippen LogP contribution in [0.1, 0.15) is 20.3 Å². The Balaban J connectivity index is 1.54. The number of amides is 2. The van der Waals surface area contributed by atoms with Gasteiger partial charge in [0.1, 0.15) is 18.0 Å². The number of anilines is 2. The van der Waals surface area contributed by atoms with Crippen LogP contribution in [-0.4, -0.2) is 33.4 Å². The quantitative estimate of drug-likeness (QED) is 0.423. The molecule has 0 atom stereocenters. The maximum Gasteiger partial charge on any atom is 0.235 e. The number of ether oxygens (including phenoxy) is 1. The maximum atomic E-state index is 13.5. The van der Waals surface area contributed by atoms with Crippen molar-refractivity contribution in [1.82, 2.24) is 15.0 Å². The van der Waals surface area contributed by atoms with Gasteiger partial charge in [-0.3, -0.25) is 9.59 Å². The average molecular weight is 450 g/mol. The summed E-state index contributed by atoms with van der Waals surface area (Å²) in [5.74, 6) is -1.08. The van der Waals surface area contributed by atoms with Gasteiger partial charge in [-0.15, -0.1) is 0 Å². The molecule has 3 rings (SSSR count). The molecule has 158 valence electrons. The molecular weight excluding hydrogens is 429 g/mol. The number of aromatic amines is 1.